The summed E-state index contributed by atoms with van der Waals surface area (Å²) in [7, 11) is 0. The normalized spacial score (nSPS) is 25.4. The molecule has 0 aromatic rings. The molecule has 0 aromatic heterocycles. The molecular formula is C13H21F3N2O. The minimum Gasteiger partial charge on any atom is -0.333 e. The number of carbonyl (C=O) groups excluding carboxylic acids is 1. The Labute approximate surface area is 111 Å². The quantitative estimate of drug-likeness (QED) is 0.855. The molecule has 1 saturated heterocycles. The first-order chi connectivity index (χ1) is 8.88. The van der Waals surface area contributed by atoms with E-state index in [1.807, 2.05) is 0 Å². The smallest absolute Gasteiger partial charge is 0.333 e. The maximum absolute atomic E-state index is 12.5. The molecule has 1 spiro atoms. The Balaban J connectivity index is 1.96. The second-order valence-electron chi connectivity index (χ2n) is 5.74. The second kappa shape index (κ2) is 5.31. The van der Waals surface area contributed by atoms with E-state index in [0.29, 0.717) is 6.42 Å². The van der Waals surface area contributed by atoms with Gasteiger partial charge in [-0.1, -0.05) is 6.92 Å². The predicted molar refractivity (Wildman–Crippen MR) is 65.6 cm³/mol. The Morgan fingerprint density at radius 3 is 2.53 bits per heavy atom. The molecule has 2 aliphatic rings. The third-order valence-electron chi connectivity index (χ3n) is 4.26. The Morgan fingerprint density at radius 1 is 1.37 bits per heavy atom. The molecule has 0 bridgehead atoms. The number of amides is 1. The van der Waals surface area contributed by atoms with Crippen molar-refractivity contribution in [2.45, 2.75) is 38.8 Å². The van der Waals surface area contributed by atoms with Crippen LogP contribution in [0.5, 0.6) is 0 Å². The number of alkyl halides is 3. The number of hydrogen-bond acceptors (Lipinski definition) is 2. The van der Waals surface area contributed by atoms with Gasteiger partial charge < -0.3 is 10.2 Å². The summed E-state index contributed by atoms with van der Waals surface area (Å²) in [4.78, 5) is 13.3. The van der Waals surface area contributed by atoms with Crippen LogP contribution in [0.2, 0.25) is 0 Å². The molecule has 1 aliphatic carbocycles. The lowest BCUT2D eigenvalue weighted by Crippen LogP contribution is -2.42. The molecule has 1 amide bonds. The van der Waals surface area contributed by atoms with E-state index < -0.39 is 12.7 Å². The number of nitrogens with one attached hydrogen (secondary N) is 1. The average molecular weight is 278 g/mol. The largest absolute Gasteiger partial charge is 0.406 e. The average Bonchev–Trinajstić information content (AvgIpc) is 3.01. The van der Waals surface area contributed by atoms with Gasteiger partial charge in [0.1, 0.15) is 6.54 Å². The fraction of sp³-hybridized carbons (Fsp3) is 0.923. The lowest BCUT2D eigenvalue weighted by atomic mass is 9.91. The van der Waals surface area contributed by atoms with E-state index in [-0.39, 0.29) is 23.8 Å². The molecule has 0 aromatic carbocycles. The summed E-state index contributed by atoms with van der Waals surface area (Å²) in [5.74, 6) is -0.468. The van der Waals surface area contributed by atoms with Crippen LogP contribution < -0.4 is 5.32 Å². The van der Waals surface area contributed by atoms with Gasteiger partial charge in [0.2, 0.25) is 5.91 Å². The van der Waals surface area contributed by atoms with Gasteiger partial charge in [0.05, 0.1) is 0 Å². The van der Waals surface area contributed by atoms with Gasteiger partial charge in [0.15, 0.2) is 0 Å². The van der Waals surface area contributed by atoms with Crippen LogP contribution in [0.25, 0.3) is 0 Å². The molecular weight excluding hydrogens is 257 g/mol. The number of hydrogen-bond donors (Lipinski definition) is 1. The molecule has 1 N–H and O–H groups in total. The van der Waals surface area contributed by atoms with E-state index in [2.05, 4.69) is 5.32 Å². The molecule has 2 rings (SSSR count). The van der Waals surface area contributed by atoms with Crippen LogP contribution in [-0.2, 0) is 4.79 Å². The van der Waals surface area contributed by atoms with Crippen LogP contribution in [-0.4, -0.2) is 43.2 Å². The first kappa shape index (κ1) is 14.6. The highest BCUT2D eigenvalue weighted by molar-refractivity contribution is 5.82. The maximum Gasteiger partial charge on any atom is 0.406 e. The predicted octanol–water partition coefficient (Wildman–Crippen LogP) is 2.18. The number of rotatable bonds is 4. The summed E-state index contributed by atoms with van der Waals surface area (Å²) < 4.78 is 37.5. The van der Waals surface area contributed by atoms with Crippen molar-refractivity contribution in [1.82, 2.24) is 10.2 Å². The van der Waals surface area contributed by atoms with Gasteiger partial charge in [-0.05, 0) is 44.2 Å². The third-order valence-corrected chi connectivity index (χ3v) is 4.26. The van der Waals surface area contributed by atoms with E-state index in [9.17, 15) is 18.0 Å². The van der Waals surface area contributed by atoms with Crippen molar-refractivity contribution in [3.05, 3.63) is 0 Å². The van der Waals surface area contributed by atoms with E-state index in [1.165, 1.54) is 0 Å². The monoisotopic (exact) mass is 278 g/mol. The first-order valence-electron chi connectivity index (χ1n) is 6.94. The fourth-order valence-electron chi connectivity index (χ4n) is 3.15. The third kappa shape index (κ3) is 3.41. The minimum atomic E-state index is -4.30. The van der Waals surface area contributed by atoms with Crippen LogP contribution in [0.3, 0.4) is 0 Å². The van der Waals surface area contributed by atoms with Crippen molar-refractivity contribution in [2.75, 3.05) is 26.2 Å². The second-order valence-corrected chi connectivity index (χ2v) is 5.74. The number of carbonyl (C=O) groups is 1. The molecule has 0 radical (unpaired) electrons. The van der Waals surface area contributed by atoms with Crippen molar-refractivity contribution in [1.29, 1.82) is 0 Å². The fourth-order valence-corrected chi connectivity index (χ4v) is 3.15. The zero-order valence-corrected chi connectivity index (χ0v) is 11.2. The van der Waals surface area contributed by atoms with Crippen LogP contribution in [0, 0.1) is 11.3 Å². The van der Waals surface area contributed by atoms with Crippen molar-refractivity contribution < 1.29 is 18.0 Å². The zero-order valence-electron chi connectivity index (χ0n) is 11.2. The molecule has 1 unspecified atom stereocenters. The molecule has 1 atom stereocenters. The SMILES string of the molecule is CCCN(CC(F)(F)F)C(=O)C1CC12CCNCC2. The maximum atomic E-state index is 12.5. The summed E-state index contributed by atoms with van der Waals surface area (Å²) in [5.41, 5.74) is -0.0000761. The standard InChI is InChI=1S/C13H21F3N2O/c1-2-7-18(9-13(14,15)16)11(19)10-8-12(10)3-5-17-6-4-12/h10,17H,2-9H2,1H3. The van der Waals surface area contributed by atoms with E-state index in [0.717, 1.165) is 37.3 Å². The summed E-state index contributed by atoms with van der Waals surface area (Å²) in [5, 5.41) is 3.23. The van der Waals surface area contributed by atoms with Gasteiger partial charge in [0.25, 0.3) is 0 Å². The van der Waals surface area contributed by atoms with Gasteiger partial charge in [-0.15, -0.1) is 0 Å². The topological polar surface area (TPSA) is 32.3 Å². The highest BCUT2D eigenvalue weighted by atomic mass is 19.4. The van der Waals surface area contributed by atoms with Crippen molar-refractivity contribution in [3.8, 4) is 0 Å². The van der Waals surface area contributed by atoms with E-state index in [1.54, 1.807) is 6.92 Å². The summed E-state index contributed by atoms with van der Waals surface area (Å²) in [6.45, 7) is 2.63. The zero-order chi connectivity index (χ0) is 14.1. The van der Waals surface area contributed by atoms with Crippen LogP contribution in [0.1, 0.15) is 32.6 Å². The Morgan fingerprint density at radius 2 is 2.00 bits per heavy atom. The van der Waals surface area contributed by atoms with Crippen LogP contribution in [0.4, 0.5) is 13.2 Å². The molecule has 19 heavy (non-hydrogen) atoms. The molecule has 1 heterocycles. The minimum absolute atomic E-state index is 0.0000761. The van der Waals surface area contributed by atoms with Gasteiger partial charge in [-0.2, -0.15) is 13.2 Å². The van der Waals surface area contributed by atoms with Crippen LogP contribution >= 0.6 is 0 Å². The van der Waals surface area contributed by atoms with Gasteiger partial charge in [0, 0.05) is 12.5 Å². The molecule has 110 valence electrons. The van der Waals surface area contributed by atoms with E-state index >= 15 is 0 Å². The molecule has 1 saturated carbocycles. The highest BCUT2D eigenvalue weighted by Crippen LogP contribution is 2.59. The Kier molecular flexibility index (Phi) is 4.08. The van der Waals surface area contributed by atoms with Gasteiger partial charge >= 0.3 is 6.18 Å². The number of halogens is 3. The van der Waals surface area contributed by atoms with Crippen molar-refractivity contribution in [2.24, 2.45) is 11.3 Å². The van der Waals surface area contributed by atoms with Crippen LogP contribution in [0.15, 0.2) is 0 Å². The number of nitrogens with zero attached hydrogens (tertiary/aromatic N) is 1. The molecule has 3 nitrogen and oxygen atoms in total. The molecule has 6 heteroatoms. The highest BCUT2D eigenvalue weighted by Gasteiger charge is 2.58. The Bertz CT molecular complexity index is 337. The van der Waals surface area contributed by atoms with Gasteiger partial charge in [-0.25, -0.2) is 0 Å². The lowest BCUT2D eigenvalue weighted by Gasteiger charge is -2.27. The first-order valence-corrected chi connectivity index (χ1v) is 6.94. The summed E-state index contributed by atoms with van der Waals surface area (Å²) in [6, 6.07) is 0. The van der Waals surface area contributed by atoms with Gasteiger partial charge in [-0.3, -0.25) is 4.79 Å². The lowest BCUT2D eigenvalue weighted by molar-refractivity contribution is -0.162. The van der Waals surface area contributed by atoms with Crippen molar-refractivity contribution in [3.63, 3.8) is 0 Å². The molecule has 1 aliphatic heterocycles. The summed E-state index contributed by atoms with van der Waals surface area (Å²) >= 11 is 0. The molecule has 2 fully saturated rings. The van der Waals surface area contributed by atoms with E-state index in [4.69, 9.17) is 0 Å². The van der Waals surface area contributed by atoms with Crippen molar-refractivity contribution >= 4 is 5.91 Å². The Hall–Kier alpha value is -0.780. The summed E-state index contributed by atoms with van der Waals surface area (Å²) in [6.07, 6.45) is -1.15. The number of piperidine rings is 1.